The molecular formula is C28H35N5O10P2. The van der Waals surface area contributed by atoms with Crippen LogP contribution < -0.4 is 20.1 Å². The molecule has 45 heavy (non-hydrogen) atoms. The van der Waals surface area contributed by atoms with Gasteiger partial charge in [0, 0.05) is 23.9 Å². The zero-order chi connectivity index (χ0) is 32.8. The number of ether oxygens (including phenoxy) is 1. The van der Waals surface area contributed by atoms with Gasteiger partial charge in [0.15, 0.2) is 5.82 Å². The number of phosphoric acid groups is 2. The lowest BCUT2D eigenvalue weighted by molar-refractivity contribution is -0.116. The number of hydrogen-bond donors (Lipinski definition) is 6. The number of rotatable bonds is 16. The molecule has 0 radical (unpaired) electrons. The molecule has 0 unspecified atom stereocenters. The zero-order valence-corrected chi connectivity index (χ0v) is 26.2. The minimum absolute atomic E-state index is 0.0558. The highest BCUT2D eigenvalue weighted by Crippen LogP contribution is 2.43. The van der Waals surface area contributed by atoms with Crippen molar-refractivity contribution in [1.29, 1.82) is 0 Å². The number of nitrogen functional groups attached to an aromatic ring is 1. The van der Waals surface area contributed by atoms with Crippen molar-refractivity contribution in [3.8, 4) is 11.5 Å². The number of benzene rings is 2. The van der Waals surface area contributed by atoms with Gasteiger partial charge < -0.3 is 29.4 Å². The van der Waals surface area contributed by atoms with Crippen LogP contribution in [0.5, 0.6) is 11.5 Å². The fourth-order valence-corrected chi connectivity index (χ4v) is 5.55. The second-order valence-corrected chi connectivity index (χ2v) is 12.4. The smallest absolute Gasteiger partial charge is 0.404 e. The van der Waals surface area contributed by atoms with Crippen molar-refractivity contribution in [2.75, 3.05) is 25.5 Å². The molecule has 1 amide bonds. The number of pyridine rings is 1. The normalized spacial score (nSPS) is 12.0. The van der Waals surface area contributed by atoms with Crippen molar-refractivity contribution in [3.63, 3.8) is 0 Å². The Morgan fingerprint density at radius 1 is 1.04 bits per heavy atom. The fraction of sp³-hybridized carbons (Fsp3) is 0.321. The second-order valence-electron chi connectivity index (χ2n) is 10.1. The van der Waals surface area contributed by atoms with Crippen molar-refractivity contribution in [1.82, 2.24) is 19.9 Å². The standard InChI is InChI=1S/C28H35N5O10P2/c1-3-5-6-24-32-26-27(33(24)17-19-16-20(42-44(35,36)37)8-10-23(19)43-45(38,39)40)21-9-7-18(15-22(21)31-28(26)29)11-13-41-14-12-30-25(34)4-2/h4,7-10,15-16H,2-3,5-6,11-14,17H2,1H3,(H2,29,31)(H,30,34)(H2,35,36,37)(H2,38,39,40). The number of aromatic nitrogens is 3. The number of carbonyl (C=O) groups is 1. The highest BCUT2D eigenvalue weighted by molar-refractivity contribution is 7.47. The third-order valence-electron chi connectivity index (χ3n) is 6.67. The SMILES string of the molecule is C=CC(=O)NCCOCCc1ccc2c(c1)nc(N)c1nc(CCCC)n(Cc3cc(OP(=O)(O)O)ccc3OP(=O)(O)O)c12. The molecule has 242 valence electrons. The van der Waals surface area contributed by atoms with Gasteiger partial charge >= 0.3 is 15.6 Å². The maximum Gasteiger partial charge on any atom is 0.524 e. The number of unbranched alkanes of at least 4 members (excludes halogenated alkanes) is 1. The first-order valence-electron chi connectivity index (χ1n) is 14.0. The van der Waals surface area contributed by atoms with E-state index in [0.29, 0.717) is 60.4 Å². The van der Waals surface area contributed by atoms with Gasteiger partial charge in [-0.3, -0.25) is 24.4 Å². The highest BCUT2D eigenvalue weighted by atomic mass is 31.2. The van der Waals surface area contributed by atoms with Crippen molar-refractivity contribution in [3.05, 3.63) is 66.0 Å². The van der Waals surface area contributed by atoms with Gasteiger partial charge in [0.25, 0.3) is 0 Å². The minimum atomic E-state index is -4.99. The monoisotopic (exact) mass is 663 g/mol. The summed E-state index contributed by atoms with van der Waals surface area (Å²) in [6.07, 6.45) is 3.95. The van der Waals surface area contributed by atoms with Gasteiger partial charge in [0.2, 0.25) is 5.91 Å². The lowest BCUT2D eigenvalue weighted by atomic mass is 10.1. The summed E-state index contributed by atoms with van der Waals surface area (Å²) < 4.78 is 40.3. The van der Waals surface area contributed by atoms with E-state index in [1.807, 2.05) is 29.7 Å². The Labute approximate surface area is 258 Å². The van der Waals surface area contributed by atoms with Crippen LogP contribution in [0.25, 0.3) is 21.9 Å². The third kappa shape index (κ3) is 9.35. The summed E-state index contributed by atoms with van der Waals surface area (Å²) in [5, 5.41) is 3.35. The number of nitrogens with one attached hydrogen (secondary N) is 1. The van der Waals surface area contributed by atoms with E-state index in [1.54, 1.807) is 0 Å². The van der Waals surface area contributed by atoms with Crippen LogP contribution in [0.1, 0.15) is 36.7 Å². The minimum Gasteiger partial charge on any atom is -0.404 e. The summed E-state index contributed by atoms with van der Waals surface area (Å²) in [6, 6.07) is 9.23. The van der Waals surface area contributed by atoms with E-state index >= 15 is 0 Å². The number of phosphoric ester groups is 2. The lowest BCUT2D eigenvalue weighted by Crippen LogP contribution is -2.25. The van der Waals surface area contributed by atoms with Crippen LogP contribution in [0, 0.1) is 0 Å². The van der Waals surface area contributed by atoms with Gasteiger partial charge in [-0.05, 0) is 48.7 Å². The quantitative estimate of drug-likeness (QED) is 0.0575. The van der Waals surface area contributed by atoms with Crippen molar-refractivity contribution in [2.45, 2.75) is 39.2 Å². The molecule has 0 saturated carbocycles. The average molecular weight is 664 g/mol. The molecule has 2 aromatic heterocycles. The van der Waals surface area contributed by atoms with E-state index in [1.165, 1.54) is 18.2 Å². The first-order chi connectivity index (χ1) is 21.3. The summed E-state index contributed by atoms with van der Waals surface area (Å²) in [7, 11) is -9.92. The van der Waals surface area contributed by atoms with Crippen molar-refractivity contribution >= 4 is 49.3 Å². The van der Waals surface area contributed by atoms with Crippen LogP contribution in [0.2, 0.25) is 0 Å². The van der Waals surface area contributed by atoms with E-state index in [9.17, 15) is 33.5 Å². The number of imidazole rings is 1. The van der Waals surface area contributed by atoms with E-state index < -0.39 is 15.6 Å². The molecule has 15 nitrogen and oxygen atoms in total. The first kappa shape index (κ1) is 34.1. The van der Waals surface area contributed by atoms with Gasteiger partial charge in [-0.25, -0.2) is 19.1 Å². The van der Waals surface area contributed by atoms with Crippen LogP contribution >= 0.6 is 15.6 Å². The maximum atomic E-state index is 11.8. The van der Waals surface area contributed by atoms with Gasteiger partial charge in [-0.1, -0.05) is 32.1 Å². The number of carbonyl (C=O) groups excluding carboxylic acids is 1. The van der Waals surface area contributed by atoms with E-state index in [-0.39, 0.29) is 35.3 Å². The van der Waals surface area contributed by atoms with Crippen LogP contribution in [-0.4, -0.2) is 59.8 Å². The number of aryl methyl sites for hydroxylation is 1. The van der Waals surface area contributed by atoms with Gasteiger partial charge in [0.1, 0.15) is 22.8 Å². The number of hydrogen-bond acceptors (Lipinski definition) is 9. The van der Waals surface area contributed by atoms with Crippen LogP contribution in [0.4, 0.5) is 5.82 Å². The van der Waals surface area contributed by atoms with Crippen molar-refractivity contribution < 1.29 is 47.3 Å². The number of fused-ring (bicyclic) bond motifs is 3. The molecule has 4 rings (SSSR count). The van der Waals surface area contributed by atoms with Gasteiger partial charge in [-0.2, -0.15) is 0 Å². The topological polar surface area (TPSA) is 229 Å². The molecule has 0 bridgehead atoms. The highest BCUT2D eigenvalue weighted by Gasteiger charge is 2.24. The number of anilines is 1. The van der Waals surface area contributed by atoms with E-state index in [4.69, 9.17) is 24.5 Å². The Morgan fingerprint density at radius 2 is 1.80 bits per heavy atom. The average Bonchev–Trinajstić information content (AvgIpc) is 3.32. The Hall–Kier alpha value is -3.81. The third-order valence-corrected chi connectivity index (χ3v) is 7.55. The molecule has 7 N–H and O–H groups in total. The second kappa shape index (κ2) is 14.5. The van der Waals surface area contributed by atoms with Crippen molar-refractivity contribution in [2.24, 2.45) is 0 Å². The largest absolute Gasteiger partial charge is 0.524 e. The van der Waals surface area contributed by atoms with Crippen LogP contribution in [-0.2, 0) is 38.0 Å². The molecule has 0 atom stereocenters. The maximum absolute atomic E-state index is 11.8. The molecule has 0 fully saturated rings. The predicted molar refractivity (Wildman–Crippen MR) is 167 cm³/mol. The number of nitrogens with zero attached hydrogens (tertiary/aromatic N) is 3. The Morgan fingerprint density at radius 3 is 2.49 bits per heavy atom. The van der Waals surface area contributed by atoms with Gasteiger partial charge in [-0.15, -0.1) is 0 Å². The number of amides is 1. The van der Waals surface area contributed by atoms with E-state index in [2.05, 4.69) is 16.9 Å². The molecular weight excluding hydrogens is 628 g/mol. The van der Waals surface area contributed by atoms with E-state index in [0.717, 1.165) is 24.5 Å². The molecule has 0 aliphatic carbocycles. The van der Waals surface area contributed by atoms with Crippen LogP contribution in [0.15, 0.2) is 49.1 Å². The fourth-order valence-electron chi connectivity index (χ4n) is 4.73. The molecule has 2 heterocycles. The Kier molecular flexibility index (Phi) is 11.0. The van der Waals surface area contributed by atoms with Gasteiger partial charge in [0.05, 0.1) is 30.8 Å². The zero-order valence-electron chi connectivity index (χ0n) is 24.5. The lowest BCUT2D eigenvalue weighted by Gasteiger charge is -2.17. The molecule has 4 aromatic rings. The molecule has 0 aliphatic rings. The molecule has 0 aliphatic heterocycles. The molecule has 2 aromatic carbocycles. The molecule has 0 saturated heterocycles. The summed E-state index contributed by atoms with van der Waals surface area (Å²) >= 11 is 0. The molecule has 0 spiro atoms. The Bertz CT molecular complexity index is 1800. The first-order valence-corrected chi connectivity index (χ1v) is 17.0. The Balaban J connectivity index is 1.74. The summed E-state index contributed by atoms with van der Waals surface area (Å²) in [5.74, 6) is 0.107. The van der Waals surface area contributed by atoms with Crippen LogP contribution in [0.3, 0.4) is 0 Å². The number of nitrogens with two attached hydrogens (primary N) is 1. The summed E-state index contributed by atoms with van der Waals surface area (Å²) in [6.45, 7) is 6.47. The predicted octanol–water partition coefficient (Wildman–Crippen LogP) is 3.36. The summed E-state index contributed by atoms with van der Waals surface area (Å²) in [5.41, 5.74) is 9.13. The molecule has 17 heteroatoms. The summed E-state index contributed by atoms with van der Waals surface area (Å²) in [4.78, 5) is 58.3.